The Morgan fingerprint density at radius 3 is 2.33 bits per heavy atom. The Morgan fingerprint density at radius 2 is 1.92 bits per heavy atom. The van der Waals surface area contributed by atoms with Crippen LogP contribution in [0.4, 0.5) is 0 Å². The lowest BCUT2D eigenvalue weighted by molar-refractivity contribution is 0.551. The summed E-state index contributed by atoms with van der Waals surface area (Å²) in [6, 6.07) is 0. The molecule has 0 amide bonds. The summed E-state index contributed by atoms with van der Waals surface area (Å²) in [5.74, 6) is 0.815. The minimum Gasteiger partial charge on any atom is -0.0882 e. The molecule has 0 nitrogen and oxygen atoms in total. The molecule has 0 aliphatic rings. The summed E-state index contributed by atoms with van der Waals surface area (Å²) in [6.07, 6.45) is 8.97. The Hall–Kier alpha value is -0.260. The Kier molecular flexibility index (Phi) is 7.23. The van der Waals surface area contributed by atoms with Gasteiger partial charge in [-0.2, -0.15) is 0 Å². The molecule has 0 heterocycles. The second-order valence-electron chi connectivity index (χ2n) is 3.66. The Bertz CT molecular complexity index is 122. The highest BCUT2D eigenvalue weighted by Crippen LogP contribution is 2.21. The SMILES string of the molecule is C/C=C(/CCC)C(C)CCCC. The molecule has 0 heteroatoms. The summed E-state index contributed by atoms with van der Waals surface area (Å²) >= 11 is 0. The first-order valence-electron chi connectivity index (χ1n) is 5.41. The Labute approximate surface area is 78.1 Å². The molecule has 72 valence electrons. The van der Waals surface area contributed by atoms with Gasteiger partial charge < -0.3 is 0 Å². The first-order chi connectivity index (χ1) is 5.76. The fraction of sp³-hybridized carbons (Fsp3) is 0.833. The van der Waals surface area contributed by atoms with Gasteiger partial charge in [0.1, 0.15) is 0 Å². The topological polar surface area (TPSA) is 0 Å². The van der Waals surface area contributed by atoms with Crippen molar-refractivity contribution in [3.05, 3.63) is 11.6 Å². The van der Waals surface area contributed by atoms with Gasteiger partial charge in [-0.25, -0.2) is 0 Å². The predicted molar refractivity (Wildman–Crippen MR) is 57.4 cm³/mol. The van der Waals surface area contributed by atoms with Crippen LogP contribution in [0.3, 0.4) is 0 Å². The van der Waals surface area contributed by atoms with E-state index in [0.717, 1.165) is 5.92 Å². The molecule has 1 unspecified atom stereocenters. The van der Waals surface area contributed by atoms with Crippen LogP contribution in [-0.4, -0.2) is 0 Å². The van der Waals surface area contributed by atoms with Gasteiger partial charge in [-0.15, -0.1) is 0 Å². The van der Waals surface area contributed by atoms with E-state index in [-0.39, 0.29) is 0 Å². The summed E-state index contributed by atoms with van der Waals surface area (Å²) < 4.78 is 0. The maximum Gasteiger partial charge on any atom is -0.0232 e. The van der Waals surface area contributed by atoms with Gasteiger partial charge in [-0.1, -0.05) is 51.7 Å². The minimum absolute atomic E-state index is 0.815. The van der Waals surface area contributed by atoms with E-state index in [1.165, 1.54) is 32.1 Å². The van der Waals surface area contributed by atoms with E-state index in [4.69, 9.17) is 0 Å². The van der Waals surface area contributed by atoms with Crippen LogP contribution in [0.15, 0.2) is 11.6 Å². The monoisotopic (exact) mass is 168 g/mol. The normalized spacial score (nSPS) is 14.8. The highest BCUT2D eigenvalue weighted by molar-refractivity contribution is 5.03. The van der Waals surface area contributed by atoms with Crippen LogP contribution in [0.5, 0.6) is 0 Å². The van der Waals surface area contributed by atoms with E-state index in [0.29, 0.717) is 0 Å². The van der Waals surface area contributed by atoms with Crippen molar-refractivity contribution in [3.8, 4) is 0 Å². The van der Waals surface area contributed by atoms with Gasteiger partial charge in [0.05, 0.1) is 0 Å². The van der Waals surface area contributed by atoms with Crippen LogP contribution in [0, 0.1) is 5.92 Å². The summed E-state index contributed by atoms with van der Waals surface area (Å²) in [7, 11) is 0. The molecule has 0 N–H and O–H groups in total. The van der Waals surface area contributed by atoms with E-state index < -0.39 is 0 Å². The number of unbranched alkanes of at least 4 members (excludes halogenated alkanes) is 1. The third kappa shape index (κ3) is 4.58. The first kappa shape index (κ1) is 11.7. The van der Waals surface area contributed by atoms with Gasteiger partial charge in [-0.05, 0) is 25.7 Å². The zero-order chi connectivity index (χ0) is 9.40. The van der Waals surface area contributed by atoms with Crippen molar-refractivity contribution in [2.24, 2.45) is 5.92 Å². The second kappa shape index (κ2) is 7.39. The molecule has 0 aromatic carbocycles. The quantitative estimate of drug-likeness (QED) is 0.510. The van der Waals surface area contributed by atoms with Gasteiger partial charge in [0.25, 0.3) is 0 Å². The van der Waals surface area contributed by atoms with Crippen molar-refractivity contribution >= 4 is 0 Å². The maximum atomic E-state index is 2.36. The standard InChI is InChI=1S/C12H24/c1-5-8-10-11(4)12(7-3)9-6-2/h7,11H,5-6,8-10H2,1-4H3/b12-7-. The lowest BCUT2D eigenvalue weighted by atomic mass is 9.92. The largest absolute Gasteiger partial charge is 0.0882 e. The summed E-state index contributed by atoms with van der Waals surface area (Å²) in [4.78, 5) is 0. The highest BCUT2D eigenvalue weighted by Gasteiger charge is 2.05. The number of hydrogen-bond acceptors (Lipinski definition) is 0. The number of hydrogen-bond donors (Lipinski definition) is 0. The van der Waals surface area contributed by atoms with Crippen LogP contribution >= 0.6 is 0 Å². The van der Waals surface area contributed by atoms with Gasteiger partial charge in [0.15, 0.2) is 0 Å². The van der Waals surface area contributed by atoms with Crippen molar-refractivity contribution in [1.82, 2.24) is 0 Å². The van der Waals surface area contributed by atoms with Gasteiger partial charge in [-0.3, -0.25) is 0 Å². The molecule has 1 atom stereocenters. The fourth-order valence-electron chi connectivity index (χ4n) is 1.66. The van der Waals surface area contributed by atoms with Gasteiger partial charge in [0, 0.05) is 0 Å². The lowest BCUT2D eigenvalue weighted by Crippen LogP contribution is -1.99. The molecule has 0 fully saturated rings. The van der Waals surface area contributed by atoms with Crippen molar-refractivity contribution < 1.29 is 0 Å². The number of allylic oxidation sites excluding steroid dienone is 2. The number of rotatable bonds is 6. The molecule has 0 saturated carbocycles. The van der Waals surface area contributed by atoms with E-state index in [2.05, 4.69) is 33.8 Å². The van der Waals surface area contributed by atoms with E-state index in [9.17, 15) is 0 Å². The molecular weight excluding hydrogens is 144 g/mol. The van der Waals surface area contributed by atoms with Crippen LogP contribution in [-0.2, 0) is 0 Å². The minimum atomic E-state index is 0.815. The molecule has 0 bridgehead atoms. The molecule has 0 aromatic heterocycles. The Balaban J connectivity index is 3.78. The van der Waals surface area contributed by atoms with Crippen molar-refractivity contribution in [3.63, 3.8) is 0 Å². The van der Waals surface area contributed by atoms with Crippen LogP contribution in [0.1, 0.15) is 59.8 Å². The average molecular weight is 168 g/mol. The first-order valence-corrected chi connectivity index (χ1v) is 5.41. The van der Waals surface area contributed by atoms with Crippen molar-refractivity contribution in [1.29, 1.82) is 0 Å². The average Bonchev–Trinajstić information content (AvgIpc) is 2.10. The van der Waals surface area contributed by atoms with Crippen molar-refractivity contribution in [2.75, 3.05) is 0 Å². The van der Waals surface area contributed by atoms with Crippen LogP contribution in [0.25, 0.3) is 0 Å². The fourth-order valence-corrected chi connectivity index (χ4v) is 1.66. The van der Waals surface area contributed by atoms with Crippen LogP contribution in [0.2, 0.25) is 0 Å². The molecule has 0 aliphatic heterocycles. The summed E-state index contributed by atoms with van der Waals surface area (Å²) in [5, 5.41) is 0. The molecule has 0 aromatic rings. The molecule has 0 aliphatic carbocycles. The van der Waals surface area contributed by atoms with Gasteiger partial charge in [0.2, 0.25) is 0 Å². The van der Waals surface area contributed by atoms with E-state index in [1.807, 2.05) is 0 Å². The van der Waals surface area contributed by atoms with Crippen molar-refractivity contribution in [2.45, 2.75) is 59.8 Å². The molecule has 12 heavy (non-hydrogen) atoms. The molecule has 0 saturated heterocycles. The maximum absolute atomic E-state index is 2.36. The molecular formula is C12H24. The zero-order valence-corrected chi connectivity index (χ0v) is 9.19. The second-order valence-corrected chi connectivity index (χ2v) is 3.66. The third-order valence-electron chi connectivity index (χ3n) is 2.53. The lowest BCUT2D eigenvalue weighted by Gasteiger charge is -2.14. The Morgan fingerprint density at radius 1 is 1.25 bits per heavy atom. The third-order valence-corrected chi connectivity index (χ3v) is 2.53. The smallest absolute Gasteiger partial charge is 0.0232 e. The molecule has 0 radical (unpaired) electrons. The van der Waals surface area contributed by atoms with Crippen LogP contribution < -0.4 is 0 Å². The van der Waals surface area contributed by atoms with E-state index in [1.54, 1.807) is 5.57 Å². The molecule has 0 rings (SSSR count). The van der Waals surface area contributed by atoms with E-state index >= 15 is 0 Å². The molecule has 0 spiro atoms. The summed E-state index contributed by atoms with van der Waals surface area (Å²) in [5.41, 5.74) is 1.66. The zero-order valence-electron chi connectivity index (χ0n) is 9.19. The van der Waals surface area contributed by atoms with Gasteiger partial charge >= 0.3 is 0 Å². The highest BCUT2D eigenvalue weighted by atomic mass is 14.1. The summed E-state index contributed by atoms with van der Waals surface area (Å²) in [6.45, 7) is 9.06. The predicted octanol–water partition coefficient (Wildman–Crippen LogP) is 4.56.